The molecule has 13 heavy (non-hydrogen) atoms. The van der Waals surface area contributed by atoms with Gasteiger partial charge in [-0.05, 0) is 0 Å². The van der Waals surface area contributed by atoms with Crippen LogP contribution in [0.3, 0.4) is 0 Å². The number of carboxylic acids is 1. The van der Waals surface area contributed by atoms with Gasteiger partial charge in [-0.1, -0.05) is 0 Å². The molecule has 0 bridgehead atoms. The molecular formula is C4H4N2O5S2. The SMILES string of the molecule is O=C(O)c1csc(NS(=O)(=O)O)n1. The second-order valence-corrected chi connectivity index (χ2v) is 3.93. The van der Waals surface area contributed by atoms with E-state index in [1.54, 1.807) is 4.72 Å². The van der Waals surface area contributed by atoms with E-state index in [-0.39, 0.29) is 10.8 Å². The number of hydrogen-bond donors (Lipinski definition) is 3. The summed E-state index contributed by atoms with van der Waals surface area (Å²) in [5.41, 5.74) is -0.281. The fourth-order valence-corrected chi connectivity index (χ4v) is 1.83. The van der Waals surface area contributed by atoms with Gasteiger partial charge in [-0.25, -0.2) is 14.5 Å². The third kappa shape index (κ3) is 2.97. The van der Waals surface area contributed by atoms with Crippen molar-refractivity contribution in [2.45, 2.75) is 0 Å². The summed E-state index contributed by atoms with van der Waals surface area (Å²) in [6.07, 6.45) is 0. The highest BCUT2D eigenvalue weighted by Crippen LogP contribution is 2.15. The molecule has 0 saturated heterocycles. The van der Waals surface area contributed by atoms with Gasteiger partial charge in [0.1, 0.15) is 0 Å². The third-order valence-electron chi connectivity index (χ3n) is 0.940. The fourth-order valence-electron chi connectivity index (χ4n) is 0.529. The number of nitrogens with one attached hydrogen (secondary N) is 1. The van der Waals surface area contributed by atoms with Gasteiger partial charge in [-0.15, -0.1) is 11.3 Å². The lowest BCUT2D eigenvalue weighted by Gasteiger charge is -1.94. The van der Waals surface area contributed by atoms with Crippen LogP contribution in [0, 0.1) is 0 Å². The van der Waals surface area contributed by atoms with Crippen LogP contribution in [0.2, 0.25) is 0 Å². The normalized spacial score (nSPS) is 11.2. The second-order valence-electron chi connectivity index (χ2n) is 1.92. The van der Waals surface area contributed by atoms with Crippen molar-refractivity contribution >= 4 is 32.7 Å². The zero-order chi connectivity index (χ0) is 10.1. The Balaban J connectivity index is 2.87. The molecule has 1 aromatic rings. The van der Waals surface area contributed by atoms with E-state index in [1.807, 2.05) is 0 Å². The smallest absolute Gasteiger partial charge is 0.359 e. The minimum Gasteiger partial charge on any atom is -0.476 e. The van der Waals surface area contributed by atoms with Crippen LogP contribution in [0.5, 0.6) is 0 Å². The number of aromatic carboxylic acids is 1. The summed E-state index contributed by atoms with van der Waals surface area (Å²) < 4.78 is 30.4. The lowest BCUT2D eigenvalue weighted by atomic mass is 10.5. The zero-order valence-electron chi connectivity index (χ0n) is 5.96. The topological polar surface area (TPSA) is 117 Å². The third-order valence-corrected chi connectivity index (χ3v) is 2.28. The molecule has 1 heterocycles. The van der Waals surface area contributed by atoms with Crippen LogP contribution in [-0.2, 0) is 10.3 Å². The van der Waals surface area contributed by atoms with Gasteiger partial charge in [0.25, 0.3) is 0 Å². The number of carbonyl (C=O) groups is 1. The summed E-state index contributed by atoms with van der Waals surface area (Å²) in [5, 5.41) is 9.36. The number of hydrogen-bond acceptors (Lipinski definition) is 5. The molecule has 1 rings (SSSR count). The van der Waals surface area contributed by atoms with Crippen molar-refractivity contribution in [1.82, 2.24) is 4.98 Å². The molecule has 0 aliphatic heterocycles. The average molecular weight is 224 g/mol. The van der Waals surface area contributed by atoms with Crippen molar-refractivity contribution in [2.24, 2.45) is 0 Å². The van der Waals surface area contributed by atoms with Gasteiger partial charge >= 0.3 is 16.3 Å². The summed E-state index contributed by atoms with van der Waals surface area (Å²) in [6.45, 7) is 0. The highest BCUT2D eigenvalue weighted by molar-refractivity contribution is 7.87. The van der Waals surface area contributed by atoms with Crippen molar-refractivity contribution in [3.63, 3.8) is 0 Å². The molecular weight excluding hydrogens is 220 g/mol. The Hall–Kier alpha value is -1.19. The van der Waals surface area contributed by atoms with Crippen molar-refractivity contribution in [1.29, 1.82) is 0 Å². The van der Waals surface area contributed by atoms with Crippen molar-refractivity contribution in [2.75, 3.05) is 4.72 Å². The fraction of sp³-hybridized carbons (Fsp3) is 0. The molecule has 0 aliphatic rings. The number of anilines is 1. The number of nitrogens with zero attached hydrogens (tertiary/aromatic N) is 1. The molecule has 9 heteroatoms. The maximum Gasteiger partial charge on any atom is 0.359 e. The van der Waals surface area contributed by atoms with E-state index in [0.29, 0.717) is 0 Å². The highest BCUT2D eigenvalue weighted by Gasteiger charge is 2.11. The Morgan fingerprint density at radius 3 is 2.62 bits per heavy atom. The highest BCUT2D eigenvalue weighted by atomic mass is 32.2. The Morgan fingerprint density at radius 1 is 1.62 bits per heavy atom. The van der Waals surface area contributed by atoms with E-state index < -0.39 is 16.3 Å². The monoisotopic (exact) mass is 224 g/mol. The molecule has 0 aliphatic carbocycles. The molecule has 0 spiro atoms. The van der Waals surface area contributed by atoms with E-state index in [9.17, 15) is 13.2 Å². The first-order chi connectivity index (χ1) is 5.88. The van der Waals surface area contributed by atoms with E-state index >= 15 is 0 Å². The van der Waals surface area contributed by atoms with Gasteiger partial charge in [0, 0.05) is 5.38 Å². The van der Waals surface area contributed by atoms with Gasteiger partial charge in [-0.2, -0.15) is 8.42 Å². The minimum absolute atomic E-state index is 0.195. The molecule has 0 fully saturated rings. The molecule has 3 N–H and O–H groups in total. The van der Waals surface area contributed by atoms with Gasteiger partial charge < -0.3 is 5.11 Å². The molecule has 0 unspecified atom stereocenters. The van der Waals surface area contributed by atoms with Gasteiger partial charge in [0.2, 0.25) is 0 Å². The van der Waals surface area contributed by atoms with Crippen molar-refractivity contribution in [3.8, 4) is 0 Å². The summed E-state index contributed by atoms with van der Waals surface area (Å²) in [6, 6.07) is 0. The molecule has 0 aromatic carbocycles. The van der Waals surface area contributed by atoms with E-state index in [2.05, 4.69) is 4.98 Å². The van der Waals surface area contributed by atoms with E-state index in [4.69, 9.17) is 9.66 Å². The van der Waals surface area contributed by atoms with Gasteiger partial charge in [0.05, 0.1) is 0 Å². The van der Waals surface area contributed by atoms with Crippen molar-refractivity contribution in [3.05, 3.63) is 11.1 Å². The summed E-state index contributed by atoms with van der Waals surface area (Å²) >= 11 is 0.763. The van der Waals surface area contributed by atoms with Crippen LogP contribution in [0.15, 0.2) is 5.38 Å². The number of carboxylic acid groups (broad SMARTS) is 1. The molecule has 0 radical (unpaired) electrons. The Morgan fingerprint density at radius 2 is 2.23 bits per heavy atom. The van der Waals surface area contributed by atoms with Crippen molar-refractivity contribution < 1.29 is 22.9 Å². The second kappa shape index (κ2) is 3.28. The predicted molar refractivity (Wildman–Crippen MR) is 44.2 cm³/mol. The lowest BCUT2D eigenvalue weighted by molar-refractivity contribution is 0.0691. The van der Waals surface area contributed by atoms with E-state index in [1.165, 1.54) is 0 Å². The van der Waals surface area contributed by atoms with Crippen LogP contribution < -0.4 is 4.72 Å². The van der Waals surface area contributed by atoms with Crippen LogP contribution in [0.4, 0.5) is 5.13 Å². The summed E-state index contributed by atoms with van der Waals surface area (Å²) in [5.74, 6) is -1.26. The molecule has 72 valence electrons. The Bertz CT molecular complexity index is 421. The number of rotatable bonds is 3. The molecule has 1 aromatic heterocycles. The van der Waals surface area contributed by atoms with E-state index in [0.717, 1.165) is 16.7 Å². The van der Waals surface area contributed by atoms with Crippen LogP contribution in [0.25, 0.3) is 0 Å². The number of thiazole rings is 1. The van der Waals surface area contributed by atoms with Crippen LogP contribution in [-0.4, -0.2) is 29.0 Å². The van der Waals surface area contributed by atoms with Gasteiger partial charge in [-0.3, -0.25) is 4.55 Å². The Labute approximate surface area is 76.9 Å². The maximum absolute atomic E-state index is 10.3. The molecule has 0 saturated carbocycles. The lowest BCUT2D eigenvalue weighted by Crippen LogP contribution is -2.10. The average Bonchev–Trinajstić information content (AvgIpc) is 2.31. The Kier molecular flexibility index (Phi) is 2.50. The predicted octanol–water partition coefficient (Wildman–Crippen LogP) is 0.0560. The standard InChI is InChI=1S/C4H4N2O5S2/c7-3(8)2-1-12-4(5-2)6-13(9,10)11/h1H,(H,5,6)(H,7,8)(H,9,10,11). The zero-order valence-corrected chi connectivity index (χ0v) is 7.59. The molecule has 7 nitrogen and oxygen atoms in total. The first-order valence-corrected chi connectivity index (χ1v) is 5.14. The first-order valence-electron chi connectivity index (χ1n) is 2.82. The van der Waals surface area contributed by atoms with Gasteiger partial charge in [0.15, 0.2) is 10.8 Å². The molecule has 0 amide bonds. The van der Waals surface area contributed by atoms with Crippen LogP contribution in [0.1, 0.15) is 10.5 Å². The summed E-state index contributed by atoms with van der Waals surface area (Å²) in [7, 11) is -4.38. The molecule has 0 atom stereocenters. The first kappa shape index (κ1) is 9.89. The summed E-state index contributed by atoms with van der Waals surface area (Å²) in [4.78, 5) is 13.6. The van der Waals surface area contributed by atoms with Crippen LogP contribution >= 0.6 is 11.3 Å². The number of aromatic nitrogens is 1. The minimum atomic E-state index is -4.38. The largest absolute Gasteiger partial charge is 0.476 e. The maximum atomic E-state index is 10.3. The quantitative estimate of drug-likeness (QED) is 0.625.